The number of carbonyl (C=O) groups is 1. The number of hydrogen-bond acceptors (Lipinski definition) is 5. The summed E-state index contributed by atoms with van der Waals surface area (Å²) in [5.74, 6) is 1.04. The first kappa shape index (κ1) is 22.1. The van der Waals surface area contributed by atoms with Crippen molar-refractivity contribution in [2.45, 2.75) is 64.2 Å². The number of nitrogens with one attached hydrogen (secondary N) is 2. The molecule has 6 nitrogen and oxygen atoms in total. The number of amides is 1. The van der Waals surface area contributed by atoms with Crippen LogP contribution < -0.4 is 15.4 Å². The van der Waals surface area contributed by atoms with Gasteiger partial charge in [-0.05, 0) is 43.4 Å². The lowest BCUT2D eigenvalue weighted by atomic mass is 10.00. The van der Waals surface area contributed by atoms with Crippen molar-refractivity contribution in [2.75, 3.05) is 33.4 Å². The Bertz CT molecular complexity index is 629. The molecule has 0 bridgehead atoms. The van der Waals surface area contributed by atoms with E-state index in [1.807, 2.05) is 24.3 Å². The van der Waals surface area contributed by atoms with E-state index in [9.17, 15) is 4.79 Å². The van der Waals surface area contributed by atoms with Crippen LogP contribution in [0.5, 0.6) is 5.75 Å². The van der Waals surface area contributed by atoms with Crippen molar-refractivity contribution in [1.29, 1.82) is 0 Å². The van der Waals surface area contributed by atoms with Gasteiger partial charge in [0.2, 0.25) is 5.91 Å². The quantitative estimate of drug-likeness (QED) is 0.733. The minimum absolute atomic E-state index is 0.0371. The van der Waals surface area contributed by atoms with Gasteiger partial charge in [-0.2, -0.15) is 0 Å². The molecule has 0 spiro atoms. The van der Waals surface area contributed by atoms with E-state index in [1.165, 1.54) is 0 Å². The van der Waals surface area contributed by atoms with Gasteiger partial charge in [-0.1, -0.05) is 26.0 Å². The van der Waals surface area contributed by atoms with Gasteiger partial charge in [0.05, 0.1) is 13.0 Å². The van der Waals surface area contributed by atoms with Crippen LogP contribution in [0.25, 0.3) is 0 Å². The fourth-order valence-corrected chi connectivity index (χ4v) is 4.47. The van der Waals surface area contributed by atoms with Gasteiger partial charge in [-0.3, -0.25) is 9.69 Å². The third-order valence-corrected chi connectivity index (χ3v) is 6.05. The molecule has 2 saturated heterocycles. The Balaban J connectivity index is 1.60. The van der Waals surface area contributed by atoms with E-state index in [2.05, 4.69) is 29.4 Å². The Kier molecular flexibility index (Phi) is 8.33. The molecule has 2 aliphatic rings. The van der Waals surface area contributed by atoms with Gasteiger partial charge < -0.3 is 20.1 Å². The molecule has 0 aromatic heterocycles. The van der Waals surface area contributed by atoms with Crippen molar-refractivity contribution in [1.82, 2.24) is 15.5 Å². The normalized spacial score (nSPS) is 24.3. The molecule has 3 rings (SSSR count). The third kappa shape index (κ3) is 6.69. The van der Waals surface area contributed by atoms with E-state index >= 15 is 0 Å². The number of nitrogens with zero attached hydrogens (tertiary/aromatic N) is 1. The number of benzene rings is 1. The monoisotopic (exact) mass is 403 g/mol. The first-order chi connectivity index (χ1) is 14.0. The van der Waals surface area contributed by atoms with Crippen molar-refractivity contribution in [3.63, 3.8) is 0 Å². The van der Waals surface area contributed by atoms with Gasteiger partial charge in [-0.15, -0.1) is 0 Å². The summed E-state index contributed by atoms with van der Waals surface area (Å²) in [5, 5.41) is 6.86. The molecule has 2 aliphatic heterocycles. The van der Waals surface area contributed by atoms with Crippen LogP contribution in [0.2, 0.25) is 0 Å². The van der Waals surface area contributed by atoms with Gasteiger partial charge >= 0.3 is 0 Å². The molecule has 2 fully saturated rings. The van der Waals surface area contributed by atoms with E-state index in [1.54, 1.807) is 7.11 Å². The molecule has 29 heavy (non-hydrogen) atoms. The average Bonchev–Trinajstić information content (AvgIpc) is 2.95. The number of likely N-dealkylation sites (tertiary alicyclic amines) is 1. The van der Waals surface area contributed by atoms with E-state index < -0.39 is 0 Å². The van der Waals surface area contributed by atoms with Gasteiger partial charge in [0, 0.05) is 51.0 Å². The highest BCUT2D eigenvalue weighted by atomic mass is 16.5. The zero-order chi connectivity index (χ0) is 20.6. The maximum Gasteiger partial charge on any atom is 0.224 e. The van der Waals surface area contributed by atoms with E-state index in [0.29, 0.717) is 24.7 Å². The van der Waals surface area contributed by atoms with Gasteiger partial charge in [0.25, 0.3) is 0 Å². The topological polar surface area (TPSA) is 62.8 Å². The maximum atomic E-state index is 13.0. The summed E-state index contributed by atoms with van der Waals surface area (Å²) >= 11 is 0. The molecule has 1 aromatic rings. The van der Waals surface area contributed by atoms with E-state index in [0.717, 1.165) is 63.3 Å². The molecular formula is C23H37N3O3. The number of hydrogen-bond donors (Lipinski definition) is 2. The van der Waals surface area contributed by atoms with Gasteiger partial charge in [-0.25, -0.2) is 0 Å². The molecule has 1 aromatic carbocycles. The van der Waals surface area contributed by atoms with Crippen LogP contribution in [-0.4, -0.2) is 62.3 Å². The summed E-state index contributed by atoms with van der Waals surface area (Å²) in [6.07, 6.45) is 4.10. The minimum atomic E-state index is 0.0371. The van der Waals surface area contributed by atoms with Crippen molar-refractivity contribution in [3.05, 3.63) is 29.8 Å². The van der Waals surface area contributed by atoms with Crippen LogP contribution in [0, 0.1) is 5.92 Å². The predicted octanol–water partition coefficient (Wildman–Crippen LogP) is 2.57. The van der Waals surface area contributed by atoms with Gasteiger partial charge in [0.1, 0.15) is 5.75 Å². The molecule has 2 atom stereocenters. The van der Waals surface area contributed by atoms with Crippen LogP contribution in [0.3, 0.4) is 0 Å². The largest absolute Gasteiger partial charge is 0.497 e. The SMILES string of the molecule is COc1ccc(CNC(=O)[C@@H]2CC[C@H](NC(C)C)CN(C3CCOCC3)C2)cc1. The van der Waals surface area contributed by atoms with Crippen LogP contribution in [-0.2, 0) is 16.1 Å². The lowest BCUT2D eigenvalue weighted by molar-refractivity contribution is -0.126. The Hall–Kier alpha value is -1.63. The number of rotatable bonds is 7. The summed E-state index contributed by atoms with van der Waals surface area (Å²) in [6.45, 7) is 8.48. The van der Waals surface area contributed by atoms with Crippen LogP contribution >= 0.6 is 0 Å². The lowest BCUT2D eigenvalue weighted by Crippen LogP contribution is -2.49. The zero-order valence-electron chi connectivity index (χ0n) is 18.2. The number of methoxy groups -OCH3 is 1. The zero-order valence-corrected chi connectivity index (χ0v) is 18.2. The van der Waals surface area contributed by atoms with E-state index in [-0.39, 0.29) is 11.8 Å². The molecular weight excluding hydrogens is 366 g/mol. The third-order valence-electron chi connectivity index (χ3n) is 6.05. The summed E-state index contributed by atoms with van der Waals surface area (Å²) in [6, 6.07) is 9.29. The highest BCUT2D eigenvalue weighted by Crippen LogP contribution is 2.23. The predicted molar refractivity (Wildman–Crippen MR) is 115 cm³/mol. The maximum absolute atomic E-state index is 13.0. The summed E-state index contributed by atoms with van der Waals surface area (Å²) in [5.41, 5.74) is 1.09. The van der Waals surface area contributed by atoms with E-state index in [4.69, 9.17) is 9.47 Å². The number of ether oxygens (including phenoxy) is 2. The molecule has 0 unspecified atom stereocenters. The van der Waals surface area contributed by atoms with Crippen molar-refractivity contribution >= 4 is 5.91 Å². The Morgan fingerprint density at radius 2 is 1.86 bits per heavy atom. The second kappa shape index (κ2) is 11.0. The van der Waals surface area contributed by atoms with Crippen LogP contribution in [0.4, 0.5) is 0 Å². The lowest BCUT2D eigenvalue weighted by Gasteiger charge is -2.36. The molecule has 162 valence electrons. The molecule has 2 N–H and O–H groups in total. The highest BCUT2D eigenvalue weighted by molar-refractivity contribution is 5.78. The minimum Gasteiger partial charge on any atom is -0.497 e. The fourth-order valence-electron chi connectivity index (χ4n) is 4.47. The summed E-state index contributed by atoms with van der Waals surface area (Å²) < 4.78 is 10.8. The van der Waals surface area contributed by atoms with Gasteiger partial charge in [0.15, 0.2) is 0 Å². The average molecular weight is 404 g/mol. The molecule has 1 amide bonds. The number of carbonyl (C=O) groups excluding carboxylic acids is 1. The Morgan fingerprint density at radius 3 is 2.52 bits per heavy atom. The standard InChI is InChI=1S/C23H37N3O3/c1-17(2)25-20-7-6-19(15-26(16-20)21-10-12-29-13-11-21)23(27)24-14-18-4-8-22(28-3)9-5-18/h4-5,8-9,17,19-21,25H,6-7,10-16H2,1-3H3,(H,24,27)/t19-,20+/m1/s1. The Labute approximate surface area is 175 Å². The summed E-state index contributed by atoms with van der Waals surface area (Å²) in [7, 11) is 1.66. The molecule has 0 radical (unpaired) electrons. The Morgan fingerprint density at radius 1 is 1.14 bits per heavy atom. The second-order valence-electron chi connectivity index (χ2n) is 8.66. The van der Waals surface area contributed by atoms with Crippen molar-refractivity contribution < 1.29 is 14.3 Å². The molecule has 0 saturated carbocycles. The first-order valence-electron chi connectivity index (χ1n) is 11.0. The molecule has 2 heterocycles. The smallest absolute Gasteiger partial charge is 0.224 e. The van der Waals surface area contributed by atoms with Crippen molar-refractivity contribution in [2.24, 2.45) is 5.92 Å². The van der Waals surface area contributed by atoms with Crippen LogP contribution in [0.15, 0.2) is 24.3 Å². The summed E-state index contributed by atoms with van der Waals surface area (Å²) in [4.78, 5) is 15.5. The van der Waals surface area contributed by atoms with Crippen LogP contribution in [0.1, 0.15) is 45.1 Å². The second-order valence-corrected chi connectivity index (χ2v) is 8.66. The van der Waals surface area contributed by atoms with Crippen molar-refractivity contribution in [3.8, 4) is 5.75 Å². The fraction of sp³-hybridized carbons (Fsp3) is 0.696. The molecule has 6 heteroatoms. The molecule has 0 aliphatic carbocycles. The first-order valence-corrected chi connectivity index (χ1v) is 11.0. The highest BCUT2D eigenvalue weighted by Gasteiger charge is 2.32.